The molecule has 0 amide bonds. The molecule has 24 heavy (non-hydrogen) atoms. The molecule has 1 saturated carbocycles. The van der Waals surface area contributed by atoms with Gasteiger partial charge in [-0.25, -0.2) is 0 Å². The van der Waals surface area contributed by atoms with E-state index < -0.39 is 5.78 Å². The molecular weight excluding hydrogens is 304 g/mol. The highest BCUT2D eigenvalue weighted by Crippen LogP contribution is 2.64. The van der Waals surface area contributed by atoms with E-state index in [-0.39, 0.29) is 46.4 Å². The Kier molecular flexibility index (Phi) is 3.17. The van der Waals surface area contributed by atoms with Crippen LogP contribution >= 0.6 is 0 Å². The first-order valence-corrected chi connectivity index (χ1v) is 8.69. The predicted octanol–water partition coefficient (Wildman–Crippen LogP) is 3.92. The molecule has 4 nitrogen and oxygen atoms in total. The van der Waals surface area contributed by atoms with Gasteiger partial charge in [0, 0.05) is 28.1 Å². The molecule has 4 atom stereocenters. The smallest absolute Gasteiger partial charge is 0.227 e. The molecule has 0 bridgehead atoms. The fourth-order valence-corrected chi connectivity index (χ4v) is 5.68. The van der Waals surface area contributed by atoms with E-state index in [9.17, 15) is 15.0 Å². The van der Waals surface area contributed by atoms with Crippen molar-refractivity contribution in [2.75, 3.05) is 6.61 Å². The molecule has 4 heteroatoms. The molecule has 0 aromatic heterocycles. The summed E-state index contributed by atoms with van der Waals surface area (Å²) in [5.74, 6) is -0.463. The maximum Gasteiger partial charge on any atom is 0.227 e. The summed E-state index contributed by atoms with van der Waals surface area (Å²) in [7, 11) is 0. The number of rotatable bonds is 2. The summed E-state index contributed by atoms with van der Waals surface area (Å²) in [6.07, 6.45) is 6.66. The molecule has 0 unspecified atom stereocenters. The van der Waals surface area contributed by atoms with Crippen molar-refractivity contribution >= 4 is 5.78 Å². The highest BCUT2D eigenvalue weighted by Gasteiger charge is 2.61. The third kappa shape index (κ3) is 1.75. The van der Waals surface area contributed by atoms with E-state index in [1.165, 1.54) is 0 Å². The van der Waals surface area contributed by atoms with Crippen LogP contribution in [-0.2, 0) is 9.53 Å². The van der Waals surface area contributed by atoms with Crippen molar-refractivity contribution in [1.29, 1.82) is 0 Å². The Balaban J connectivity index is 1.95. The van der Waals surface area contributed by atoms with E-state index in [1.807, 2.05) is 6.08 Å². The first kappa shape index (κ1) is 15.7. The van der Waals surface area contributed by atoms with E-state index >= 15 is 0 Å². The summed E-state index contributed by atoms with van der Waals surface area (Å²) in [5.41, 5.74) is 1.12. The number of allylic oxidation sites excluding steroid dienone is 3. The largest absolute Gasteiger partial charge is 0.507 e. The lowest BCUT2D eigenvalue weighted by atomic mass is 9.49. The zero-order valence-corrected chi connectivity index (χ0v) is 14.3. The maximum atomic E-state index is 12.6. The molecule has 3 aliphatic carbocycles. The van der Waals surface area contributed by atoms with Gasteiger partial charge in [-0.2, -0.15) is 0 Å². The number of Topliss-reactive ketones (excluding diaryl/α,β-unsaturated/α-hetero) is 1. The summed E-state index contributed by atoms with van der Waals surface area (Å²) in [4.78, 5) is 12.6. The number of hydrogen-bond acceptors (Lipinski definition) is 4. The Bertz CT molecular complexity index is 741. The van der Waals surface area contributed by atoms with Crippen LogP contribution in [0.1, 0.15) is 39.5 Å². The van der Waals surface area contributed by atoms with Gasteiger partial charge in [0.25, 0.3) is 0 Å². The number of carbonyl (C=O) groups excluding carboxylic acids is 1. The number of aliphatic hydroxyl groups is 2. The van der Waals surface area contributed by atoms with Crippen LogP contribution in [0.25, 0.3) is 0 Å². The first-order valence-electron chi connectivity index (χ1n) is 8.69. The molecule has 1 aliphatic heterocycles. The number of carbonyl (C=O) groups is 1. The highest BCUT2D eigenvalue weighted by molar-refractivity contribution is 6.10. The minimum Gasteiger partial charge on any atom is -0.507 e. The lowest BCUT2D eigenvalue weighted by molar-refractivity contribution is -0.115. The monoisotopic (exact) mass is 328 g/mol. The van der Waals surface area contributed by atoms with Gasteiger partial charge >= 0.3 is 0 Å². The number of aliphatic hydroxyl groups excluding tert-OH is 2. The zero-order chi connectivity index (χ0) is 17.3. The van der Waals surface area contributed by atoms with E-state index in [0.29, 0.717) is 17.8 Å². The fourth-order valence-electron chi connectivity index (χ4n) is 5.68. The van der Waals surface area contributed by atoms with Crippen molar-refractivity contribution in [3.63, 3.8) is 0 Å². The second kappa shape index (κ2) is 4.85. The Labute approximate surface area is 142 Å². The van der Waals surface area contributed by atoms with Crippen LogP contribution in [0.15, 0.2) is 47.0 Å². The van der Waals surface area contributed by atoms with Crippen molar-refractivity contribution in [2.24, 2.45) is 16.7 Å². The molecule has 4 aliphatic rings. The Morgan fingerprint density at radius 3 is 2.79 bits per heavy atom. The van der Waals surface area contributed by atoms with Crippen LogP contribution in [0.5, 0.6) is 0 Å². The summed E-state index contributed by atoms with van der Waals surface area (Å²) in [6, 6.07) is 0. The van der Waals surface area contributed by atoms with Crippen LogP contribution in [0.4, 0.5) is 0 Å². The topological polar surface area (TPSA) is 66.8 Å². The summed E-state index contributed by atoms with van der Waals surface area (Å²) in [5, 5.41) is 21.5. The van der Waals surface area contributed by atoms with E-state index in [1.54, 1.807) is 6.08 Å². The normalized spacial score (nSPS) is 41.1. The van der Waals surface area contributed by atoms with Crippen LogP contribution < -0.4 is 0 Å². The molecule has 0 aromatic carbocycles. The van der Waals surface area contributed by atoms with Gasteiger partial charge in [-0.05, 0) is 30.8 Å². The van der Waals surface area contributed by atoms with Gasteiger partial charge in [-0.15, -0.1) is 6.58 Å². The SMILES string of the molecule is C=CCC1=C(O)C2=C[C@H]3OC[C@@]4(C)CCC[C@](C)(C2=C(O)C1=O)[C@@H]34. The van der Waals surface area contributed by atoms with E-state index in [4.69, 9.17) is 4.74 Å². The first-order chi connectivity index (χ1) is 11.3. The molecule has 1 heterocycles. The second-order valence-electron chi connectivity index (χ2n) is 8.13. The lowest BCUT2D eigenvalue weighted by Crippen LogP contribution is -2.50. The number of ketones is 1. The third-order valence-electron chi connectivity index (χ3n) is 6.60. The molecule has 2 fully saturated rings. The van der Waals surface area contributed by atoms with Gasteiger partial charge < -0.3 is 14.9 Å². The Morgan fingerprint density at radius 1 is 1.33 bits per heavy atom. The molecular formula is C20H24O4. The molecule has 1 saturated heterocycles. The summed E-state index contributed by atoms with van der Waals surface area (Å²) in [6.45, 7) is 8.69. The van der Waals surface area contributed by atoms with Gasteiger partial charge in [0.15, 0.2) is 5.76 Å². The number of hydrogen-bond donors (Lipinski definition) is 2. The van der Waals surface area contributed by atoms with Crippen molar-refractivity contribution in [1.82, 2.24) is 0 Å². The van der Waals surface area contributed by atoms with Crippen LogP contribution in [0.3, 0.4) is 0 Å². The standard InChI is InChI=1S/C20H24O4/c1-4-6-11-15(21)12-9-13-18-19(2,10-24-13)7-5-8-20(18,3)14(12)17(23)16(11)22/h4,9,13,18,21,23H,1,5-8,10H2,2-3H3/t13-,18+,19-,20-/m1/s1. The molecule has 4 rings (SSSR count). The van der Waals surface area contributed by atoms with Crippen molar-refractivity contribution in [3.8, 4) is 0 Å². The molecule has 0 aromatic rings. The highest BCUT2D eigenvalue weighted by atomic mass is 16.5. The Hall–Kier alpha value is -1.81. The fraction of sp³-hybridized carbons (Fsp3) is 0.550. The molecule has 0 radical (unpaired) electrons. The third-order valence-corrected chi connectivity index (χ3v) is 6.60. The van der Waals surface area contributed by atoms with E-state index in [0.717, 1.165) is 19.3 Å². The summed E-state index contributed by atoms with van der Waals surface area (Å²) >= 11 is 0. The minimum atomic E-state index is -0.467. The second-order valence-corrected chi connectivity index (χ2v) is 8.13. The zero-order valence-electron chi connectivity index (χ0n) is 14.3. The van der Waals surface area contributed by atoms with Gasteiger partial charge in [0.2, 0.25) is 5.78 Å². The van der Waals surface area contributed by atoms with Crippen LogP contribution in [0.2, 0.25) is 0 Å². The van der Waals surface area contributed by atoms with Crippen molar-refractivity contribution < 1.29 is 19.7 Å². The lowest BCUT2D eigenvalue weighted by Gasteiger charge is -2.53. The van der Waals surface area contributed by atoms with Crippen LogP contribution in [-0.4, -0.2) is 28.7 Å². The quantitative estimate of drug-likeness (QED) is 0.754. The predicted molar refractivity (Wildman–Crippen MR) is 90.5 cm³/mol. The molecule has 128 valence electrons. The minimum absolute atomic E-state index is 0.0184. The average Bonchev–Trinajstić information content (AvgIpc) is 2.88. The number of fused-ring (bicyclic) bond motifs is 2. The molecule has 2 N–H and O–H groups in total. The van der Waals surface area contributed by atoms with Gasteiger partial charge in [0.05, 0.1) is 12.7 Å². The van der Waals surface area contributed by atoms with Crippen LogP contribution in [0, 0.1) is 16.7 Å². The summed E-state index contributed by atoms with van der Waals surface area (Å²) < 4.78 is 6.07. The van der Waals surface area contributed by atoms with Crippen molar-refractivity contribution in [2.45, 2.75) is 45.6 Å². The van der Waals surface area contributed by atoms with Gasteiger partial charge in [-0.3, -0.25) is 4.79 Å². The van der Waals surface area contributed by atoms with Gasteiger partial charge in [0.1, 0.15) is 5.76 Å². The maximum absolute atomic E-state index is 12.6. The van der Waals surface area contributed by atoms with Crippen molar-refractivity contribution in [3.05, 3.63) is 47.0 Å². The molecule has 0 spiro atoms. The Morgan fingerprint density at radius 2 is 2.08 bits per heavy atom. The van der Waals surface area contributed by atoms with Gasteiger partial charge in [-0.1, -0.05) is 26.3 Å². The number of ether oxygens (including phenoxy) is 1. The average molecular weight is 328 g/mol. The van der Waals surface area contributed by atoms with E-state index in [2.05, 4.69) is 20.4 Å².